The fourth-order valence-electron chi connectivity index (χ4n) is 3.64. The Morgan fingerprint density at radius 2 is 2.12 bits per heavy atom. The van der Waals surface area contributed by atoms with Gasteiger partial charge in [0.2, 0.25) is 11.8 Å². The summed E-state index contributed by atoms with van der Waals surface area (Å²) in [6, 6.07) is 9.84. The van der Waals surface area contributed by atoms with Crippen molar-refractivity contribution in [2.75, 3.05) is 26.4 Å². The Balaban J connectivity index is 1.46. The monoisotopic (exact) mass is 341 g/mol. The number of hydrogen-bond acceptors (Lipinski definition) is 4. The van der Waals surface area contributed by atoms with E-state index in [0.717, 1.165) is 18.5 Å². The fourth-order valence-corrected chi connectivity index (χ4v) is 3.64. The molecule has 1 fully saturated rings. The molecular formula is C19H23N3O3. The number of ether oxygens (including phenoxy) is 2. The summed E-state index contributed by atoms with van der Waals surface area (Å²) in [7, 11) is 0. The van der Waals surface area contributed by atoms with Crippen LogP contribution in [0.4, 0.5) is 0 Å². The zero-order valence-corrected chi connectivity index (χ0v) is 14.2. The molecule has 1 atom stereocenters. The molecule has 1 saturated heterocycles. The van der Waals surface area contributed by atoms with Crippen LogP contribution < -0.4 is 4.74 Å². The van der Waals surface area contributed by atoms with Gasteiger partial charge in [-0.15, -0.1) is 0 Å². The number of aromatic nitrogens is 2. The summed E-state index contributed by atoms with van der Waals surface area (Å²) in [6.45, 7) is 3.21. The molecule has 2 aromatic heterocycles. The van der Waals surface area contributed by atoms with Crippen molar-refractivity contribution in [2.24, 2.45) is 5.92 Å². The van der Waals surface area contributed by atoms with Gasteiger partial charge in [0.1, 0.15) is 6.61 Å². The number of hydrogen-bond donors (Lipinski definition) is 0. The Morgan fingerprint density at radius 1 is 1.24 bits per heavy atom. The lowest BCUT2D eigenvalue weighted by atomic mass is 9.98. The second kappa shape index (κ2) is 7.27. The topological polar surface area (TPSA) is 56.6 Å². The smallest absolute Gasteiger partial charge is 0.226 e. The number of carbonyl (C=O) groups excluding carboxylic acids is 1. The van der Waals surface area contributed by atoms with Crippen LogP contribution in [0.25, 0.3) is 0 Å². The molecule has 1 amide bonds. The van der Waals surface area contributed by atoms with Gasteiger partial charge >= 0.3 is 0 Å². The van der Waals surface area contributed by atoms with Crippen LogP contribution >= 0.6 is 0 Å². The van der Waals surface area contributed by atoms with E-state index in [9.17, 15) is 4.79 Å². The number of fused-ring (bicyclic) bond motifs is 1. The lowest BCUT2D eigenvalue weighted by Gasteiger charge is -2.37. The first kappa shape index (κ1) is 16.1. The normalized spacial score (nSPS) is 21.0. The number of carbonyl (C=O) groups is 1. The SMILES string of the molecule is O=C(C1CCOCC1)N1Cc2cccn2C(COc2ccccn2)C1. The van der Waals surface area contributed by atoms with Gasteiger partial charge in [0, 0.05) is 49.8 Å². The summed E-state index contributed by atoms with van der Waals surface area (Å²) >= 11 is 0. The van der Waals surface area contributed by atoms with E-state index in [0.29, 0.717) is 38.8 Å². The molecule has 0 bridgehead atoms. The first-order valence-corrected chi connectivity index (χ1v) is 8.87. The molecule has 4 heterocycles. The van der Waals surface area contributed by atoms with Crippen LogP contribution in [0.3, 0.4) is 0 Å². The quantitative estimate of drug-likeness (QED) is 0.856. The van der Waals surface area contributed by atoms with Crippen molar-refractivity contribution in [3.05, 3.63) is 48.4 Å². The predicted molar refractivity (Wildman–Crippen MR) is 92.2 cm³/mol. The third kappa shape index (κ3) is 3.54. The van der Waals surface area contributed by atoms with Gasteiger partial charge in [0.05, 0.1) is 12.6 Å². The molecule has 25 heavy (non-hydrogen) atoms. The van der Waals surface area contributed by atoms with Gasteiger partial charge in [-0.05, 0) is 31.0 Å². The van der Waals surface area contributed by atoms with Crippen LogP contribution in [0, 0.1) is 5.92 Å². The molecule has 132 valence electrons. The minimum absolute atomic E-state index is 0.0904. The molecule has 1 unspecified atom stereocenters. The molecule has 0 aliphatic carbocycles. The molecule has 0 aromatic carbocycles. The Labute approximate surface area is 147 Å². The second-order valence-electron chi connectivity index (χ2n) is 6.65. The van der Waals surface area contributed by atoms with Gasteiger partial charge in [-0.1, -0.05) is 6.07 Å². The molecule has 2 aliphatic heterocycles. The van der Waals surface area contributed by atoms with Crippen molar-refractivity contribution < 1.29 is 14.3 Å². The van der Waals surface area contributed by atoms with Crippen molar-refractivity contribution in [1.29, 1.82) is 0 Å². The maximum Gasteiger partial charge on any atom is 0.226 e. The van der Waals surface area contributed by atoms with E-state index in [-0.39, 0.29) is 17.9 Å². The maximum atomic E-state index is 12.9. The molecule has 0 N–H and O–H groups in total. The predicted octanol–water partition coefficient (Wildman–Crippen LogP) is 2.27. The average Bonchev–Trinajstić information content (AvgIpc) is 3.16. The third-order valence-electron chi connectivity index (χ3n) is 4.99. The highest BCUT2D eigenvalue weighted by molar-refractivity contribution is 5.79. The number of rotatable bonds is 4. The van der Waals surface area contributed by atoms with Crippen LogP contribution in [0.15, 0.2) is 42.7 Å². The van der Waals surface area contributed by atoms with Gasteiger partial charge in [0.15, 0.2) is 0 Å². The van der Waals surface area contributed by atoms with Gasteiger partial charge in [-0.2, -0.15) is 0 Å². The van der Waals surface area contributed by atoms with Crippen LogP contribution in [0.1, 0.15) is 24.6 Å². The molecule has 6 heteroatoms. The molecular weight excluding hydrogens is 318 g/mol. The van der Waals surface area contributed by atoms with Crippen molar-refractivity contribution >= 4 is 5.91 Å². The van der Waals surface area contributed by atoms with Crippen LogP contribution in [0.2, 0.25) is 0 Å². The molecule has 4 rings (SSSR count). The molecule has 0 radical (unpaired) electrons. The first-order chi connectivity index (χ1) is 12.3. The van der Waals surface area contributed by atoms with Gasteiger partial charge in [-0.3, -0.25) is 4.79 Å². The van der Waals surface area contributed by atoms with E-state index >= 15 is 0 Å². The minimum atomic E-state index is 0.0904. The number of pyridine rings is 1. The summed E-state index contributed by atoms with van der Waals surface area (Å²) < 4.78 is 13.5. The lowest BCUT2D eigenvalue weighted by molar-refractivity contribution is -0.140. The number of nitrogens with zero attached hydrogens (tertiary/aromatic N) is 3. The average molecular weight is 341 g/mol. The zero-order chi connectivity index (χ0) is 17.1. The van der Waals surface area contributed by atoms with Crippen molar-refractivity contribution in [3.8, 4) is 5.88 Å². The Hall–Kier alpha value is -2.34. The highest BCUT2D eigenvalue weighted by Gasteiger charge is 2.32. The van der Waals surface area contributed by atoms with Crippen LogP contribution in [0.5, 0.6) is 5.88 Å². The second-order valence-corrected chi connectivity index (χ2v) is 6.65. The van der Waals surface area contributed by atoms with Gasteiger partial charge in [0.25, 0.3) is 0 Å². The van der Waals surface area contributed by atoms with E-state index in [1.165, 1.54) is 0 Å². The summed E-state index contributed by atoms with van der Waals surface area (Å²) in [5.74, 6) is 0.954. The van der Waals surface area contributed by atoms with Crippen LogP contribution in [-0.2, 0) is 16.1 Å². The van der Waals surface area contributed by atoms with Crippen molar-refractivity contribution in [3.63, 3.8) is 0 Å². The highest BCUT2D eigenvalue weighted by atomic mass is 16.5. The molecule has 0 saturated carbocycles. The fraction of sp³-hybridized carbons (Fsp3) is 0.474. The van der Waals surface area contributed by atoms with E-state index < -0.39 is 0 Å². The van der Waals surface area contributed by atoms with Gasteiger partial charge < -0.3 is 18.9 Å². The van der Waals surface area contributed by atoms with E-state index in [2.05, 4.69) is 21.8 Å². The standard InChI is InChI=1S/C19H23N3O3/c23-19(15-6-10-24-11-7-15)21-12-16-4-3-9-22(16)17(13-21)14-25-18-5-1-2-8-20-18/h1-5,8-9,15,17H,6-7,10-14H2. The van der Waals surface area contributed by atoms with E-state index in [4.69, 9.17) is 9.47 Å². The first-order valence-electron chi connectivity index (χ1n) is 8.87. The third-order valence-corrected chi connectivity index (χ3v) is 4.99. The van der Waals surface area contributed by atoms with E-state index in [1.807, 2.05) is 29.2 Å². The summed E-state index contributed by atoms with van der Waals surface area (Å²) in [5.41, 5.74) is 1.15. The number of amides is 1. The maximum absolute atomic E-state index is 12.9. The zero-order valence-electron chi connectivity index (χ0n) is 14.2. The van der Waals surface area contributed by atoms with Crippen molar-refractivity contribution in [2.45, 2.75) is 25.4 Å². The molecule has 0 spiro atoms. The molecule has 2 aromatic rings. The molecule has 6 nitrogen and oxygen atoms in total. The Kier molecular flexibility index (Phi) is 4.70. The minimum Gasteiger partial charge on any atom is -0.475 e. The largest absolute Gasteiger partial charge is 0.475 e. The van der Waals surface area contributed by atoms with Gasteiger partial charge in [-0.25, -0.2) is 4.98 Å². The summed E-state index contributed by atoms with van der Waals surface area (Å²) in [4.78, 5) is 19.1. The Bertz CT molecular complexity index is 710. The highest BCUT2D eigenvalue weighted by Crippen LogP contribution is 2.26. The molecule has 2 aliphatic rings. The van der Waals surface area contributed by atoms with E-state index in [1.54, 1.807) is 6.20 Å². The lowest BCUT2D eigenvalue weighted by Crippen LogP contribution is -2.45. The summed E-state index contributed by atoms with van der Waals surface area (Å²) in [5, 5.41) is 0. The van der Waals surface area contributed by atoms with Crippen LogP contribution in [-0.4, -0.2) is 46.7 Å². The van der Waals surface area contributed by atoms with Crippen molar-refractivity contribution in [1.82, 2.24) is 14.5 Å². The Morgan fingerprint density at radius 3 is 2.92 bits per heavy atom. The summed E-state index contributed by atoms with van der Waals surface area (Å²) in [6.07, 6.45) is 5.44.